The predicted octanol–water partition coefficient (Wildman–Crippen LogP) is 4.21. The van der Waals surface area contributed by atoms with E-state index in [0.29, 0.717) is 30.3 Å². The van der Waals surface area contributed by atoms with Crippen molar-refractivity contribution in [1.82, 2.24) is 10.2 Å². The molecule has 2 atom stereocenters. The van der Waals surface area contributed by atoms with Crippen LogP contribution < -0.4 is 20.3 Å². The van der Waals surface area contributed by atoms with Crippen LogP contribution in [0, 0.1) is 5.82 Å². The Hall–Kier alpha value is -3.63. The maximum atomic E-state index is 14.6. The van der Waals surface area contributed by atoms with Crippen molar-refractivity contribution in [3.05, 3.63) is 54.3 Å². The molecule has 2 aliphatic heterocycles. The van der Waals surface area contributed by atoms with Gasteiger partial charge in [-0.3, -0.25) is 0 Å². The first-order valence-electron chi connectivity index (χ1n) is 13.1. The summed E-state index contributed by atoms with van der Waals surface area (Å²) in [5.74, 6) is 0.264. The van der Waals surface area contributed by atoms with Gasteiger partial charge in [-0.25, -0.2) is 4.39 Å². The zero-order chi connectivity index (χ0) is 26.6. The van der Waals surface area contributed by atoms with Gasteiger partial charge in [-0.2, -0.15) is 0 Å². The van der Waals surface area contributed by atoms with E-state index in [4.69, 9.17) is 19.9 Å². The largest absolute Gasteiger partial charge is 0.507 e. The molecule has 3 N–H and O–H groups in total. The van der Waals surface area contributed by atoms with Gasteiger partial charge in [0.25, 0.3) is 0 Å². The van der Waals surface area contributed by atoms with Gasteiger partial charge in [-0.15, -0.1) is 10.2 Å². The van der Waals surface area contributed by atoms with Crippen LogP contribution in [0.1, 0.15) is 26.7 Å². The first kappa shape index (κ1) is 26.0. The van der Waals surface area contributed by atoms with E-state index in [0.717, 1.165) is 37.3 Å². The summed E-state index contributed by atoms with van der Waals surface area (Å²) in [7, 11) is 0. The van der Waals surface area contributed by atoms with Gasteiger partial charge in [-0.1, -0.05) is 12.1 Å². The van der Waals surface area contributed by atoms with Crippen LogP contribution in [0.15, 0.2) is 48.5 Å². The van der Waals surface area contributed by atoms with Crippen molar-refractivity contribution in [2.45, 2.75) is 45.1 Å². The Morgan fingerprint density at radius 3 is 2.42 bits per heavy atom. The van der Waals surface area contributed by atoms with Crippen LogP contribution >= 0.6 is 0 Å². The Morgan fingerprint density at radius 2 is 1.74 bits per heavy atom. The summed E-state index contributed by atoms with van der Waals surface area (Å²) in [6.07, 6.45) is 1.47. The number of anilines is 3. The summed E-state index contributed by atoms with van der Waals surface area (Å²) >= 11 is 0. The number of fused-ring (bicyclic) bond motifs is 2. The molecule has 0 radical (unpaired) electrons. The second-order valence-electron chi connectivity index (χ2n) is 9.48. The Morgan fingerprint density at radius 1 is 1.03 bits per heavy atom. The van der Waals surface area contributed by atoms with E-state index in [9.17, 15) is 9.50 Å². The number of nitrogen functional groups attached to an aromatic ring is 1. The molecule has 2 aromatic carbocycles. The number of ether oxygens (including phenoxy) is 3. The number of phenols is 1. The Bertz CT molecular complexity index is 1240. The zero-order valence-corrected chi connectivity index (χ0v) is 21.7. The van der Waals surface area contributed by atoms with Crippen LogP contribution in [-0.4, -0.2) is 66.6 Å². The zero-order valence-electron chi connectivity index (χ0n) is 21.7. The number of piperazine rings is 1. The number of benzene rings is 2. The van der Waals surface area contributed by atoms with E-state index in [2.05, 4.69) is 20.0 Å². The van der Waals surface area contributed by atoms with Crippen molar-refractivity contribution >= 4 is 17.2 Å². The number of nitrogens with zero attached hydrogens (tertiary/aromatic N) is 4. The fourth-order valence-corrected chi connectivity index (χ4v) is 5.42. The summed E-state index contributed by atoms with van der Waals surface area (Å²) in [5.41, 5.74) is 9.17. The lowest BCUT2D eigenvalue weighted by Gasteiger charge is -2.43. The van der Waals surface area contributed by atoms with Crippen LogP contribution in [0.2, 0.25) is 0 Å². The van der Waals surface area contributed by atoms with Crippen molar-refractivity contribution in [2.75, 3.05) is 48.4 Å². The van der Waals surface area contributed by atoms with Gasteiger partial charge in [0.05, 0.1) is 11.4 Å². The van der Waals surface area contributed by atoms with Crippen LogP contribution in [0.4, 0.5) is 21.6 Å². The van der Waals surface area contributed by atoms with Crippen LogP contribution in [0.5, 0.6) is 11.5 Å². The van der Waals surface area contributed by atoms with E-state index >= 15 is 0 Å². The van der Waals surface area contributed by atoms with Crippen molar-refractivity contribution in [2.24, 2.45) is 0 Å². The smallest absolute Gasteiger partial charge is 0.191 e. The first-order chi connectivity index (χ1) is 18.5. The van der Waals surface area contributed by atoms with Crippen LogP contribution in [0.3, 0.4) is 0 Å². The van der Waals surface area contributed by atoms with E-state index in [1.165, 1.54) is 6.07 Å². The van der Waals surface area contributed by atoms with Gasteiger partial charge in [0.2, 0.25) is 0 Å². The SMILES string of the molecule is CCOC(COc1cc(N2C3CCC2CN(c2cc(-c4ccccc4O)nnc2N)C3)ccc1F)OCC. The molecule has 0 aliphatic carbocycles. The standard InChI is InChI=1S/C28H34FN5O4/c1-3-36-27(37-4-2)17-38-26-13-18(11-12-22(26)29)34-19-9-10-20(34)16-33(15-19)24-14-23(31-32-28(24)30)21-7-5-6-8-25(21)35/h5-8,11-14,19-20,27,35H,3-4,9-10,15-17H2,1-2H3,(H2,30,32). The monoisotopic (exact) mass is 523 g/mol. The quantitative estimate of drug-likeness (QED) is 0.378. The molecule has 2 bridgehead atoms. The molecule has 0 amide bonds. The molecular formula is C28H34FN5O4. The van der Waals surface area contributed by atoms with Gasteiger partial charge in [0.1, 0.15) is 12.4 Å². The van der Waals surface area contributed by atoms with Crippen LogP contribution in [0.25, 0.3) is 11.3 Å². The maximum Gasteiger partial charge on any atom is 0.191 e. The summed E-state index contributed by atoms with van der Waals surface area (Å²) in [5, 5.41) is 18.7. The highest BCUT2D eigenvalue weighted by molar-refractivity contribution is 5.74. The van der Waals surface area contributed by atoms with Gasteiger partial charge < -0.3 is 34.9 Å². The number of halogens is 1. The lowest BCUT2D eigenvalue weighted by atomic mass is 10.1. The molecule has 5 rings (SSSR count). The summed E-state index contributed by atoms with van der Waals surface area (Å²) < 4.78 is 31.5. The number of aromatic hydroxyl groups is 1. The summed E-state index contributed by atoms with van der Waals surface area (Å²) in [6, 6.07) is 14.4. The molecule has 0 saturated carbocycles. The lowest BCUT2D eigenvalue weighted by Crippen LogP contribution is -2.54. The van der Waals surface area contributed by atoms with Gasteiger partial charge in [0, 0.05) is 55.7 Å². The van der Waals surface area contributed by atoms with E-state index in [-0.39, 0.29) is 30.2 Å². The van der Waals surface area contributed by atoms with Crippen molar-refractivity contribution < 1.29 is 23.7 Å². The minimum atomic E-state index is -0.546. The third-order valence-electron chi connectivity index (χ3n) is 7.10. The first-order valence-corrected chi connectivity index (χ1v) is 13.1. The topological polar surface area (TPSA) is 106 Å². The third-order valence-corrected chi connectivity index (χ3v) is 7.10. The lowest BCUT2D eigenvalue weighted by molar-refractivity contribution is -0.152. The molecule has 0 spiro atoms. The van der Waals surface area contributed by atoms with E-state index in [1.54, 1.807) is 24.3 Å². The molecule has 9 nitrogen and oxygen atoms in total. The molecule has 2 aliphatic rings. The molecule has 3 aromatic rings. The Labute approximate surface area is 221 Å². The molecule has 2 saturated heterocycles. The van der Waals surface area contributed by atoms with Gasteiger partial charge >= 0.3 is 0 Å². The fourth-order valence-electron chi connectivity index (χ4n) is 5.42. The number of hydrogen-bond acceptors (Lipinski definition) is 9. The molecule has 1 aromatic heterocycles. The highest BCUT2D eigenvalue weighted by atomic mass is 19.1. The molecule has 38 heavy (non-hydrogen) atoms. The highest BCUT2D eigenvalue weighted by Crippen LogP contribution is 2.40. The van der Waals surface area contributed by atoms with Crippen LogP contribution in [-0.2, 0) is 9.47 Å². The van der Waals surface area contributed by atoms with Crippen molar-refractivity contribution in [3.8, 4) is 22.8 Å². The number of hydrogen-bond donors (Lipinski definition) is 2. The van der Waals surface area contributed by atoms with E-state index < -0.39 is 12.1 Å². The number of nitrogens with two attached hydrogens (primary N) is 1. The molecule has 3 heterocycles. The second-order valence-corrected chi connectivity index (χ2v) is 9.48. The molecule has 10 heteroatoms. The molecular weight excluding hydrogens is 489 g/mol. The van der Waals surface area contributed by atoms with E-state index in [1.807, 2.05) is 32.0 Å². The Kier molecular flexibility index (Phi) is 7.80. The summed E-state index contributed by atoms with van der Waals surface area (Å²) in [4.78, 5) is 4.60. The summed E-state index contributed by atoms with van der Waals surface area (Å²) in [6.45, 7) is 6.30. The Balaban J connectivity index is 1.33. The van der Waals surface area contributed by atoms with Gasteiger partial charge in [-0.05, 0) is 57.0 Å². The second kappa shape index (κ2) is 11.4. The number of aromatic nitrogens is 2. The number of phenolic OH excluding ortho intramolecular Hbond substituents is 1. The molecule has 202 valence electrons. The normalized spacial score (nSPS) is 18.8. The molecule has 2 fully saturated rings. The van der Waals surface area contributed by atoms with Gasteiger partial charge in [0.15, 0.2) is 23.7 Å². The minimum absolute atomic E-state index is 0.107. The average molecular weight is 524 g/mol. The highest BCUT2D eigenvalue weighted by Gasteiger charge is 2.41. The maximum absolute atomic E-state index is 14.6. The fraction of sp³-hybridized carbons (Fsp3) is 0.429. The minimum Gasteiger partial charge on any atom is -0.507 e. The average Bonchev–Trinajstić information content (AvgIpc) is 3.18. The third kappa shape index (κ3) is 5.32. The van der Waals surface area contributed by atoms with Crippen molar-refractivity contribution in [3.63, 3.8) is 0 Å². The number of rotatable bonds is 10. The molecule has 2 unspecified atom stereocenters. The van der Waals surface area contributed by atoms with Crippen molar-refractivity contribution in [1.29, 1.82) is 0 Å². The predicted molar refractivity (Wildman–Crippen MR) is 144 cm³/mol. The number of para-hydroxylation sites is 1.